The predicted molar refractivity (Wildman–Crippen MR) is 122 cm³/mol. The van der Waals surface area contributed by atoms with E-state index in [0.717, 1.165) is 44.9 Å². The van der Waals surface area contributed by atoms with Crippen molar-refractivity contribution in [1.29, 1.82) is 0 Å². The number of carboxylic acid groups (broad SMARTS) is 1. The minimum atomic E-state index is -1.01. The largest absolute Gasteiger partial charge is 0.480 e. The maximum atomic E-state index is 12.0. The minimum Gasteiger partial charge on any atom is -0.480 e. The summed E-state index contributed by atoms with van der Waals surface area (Å²) in [6.07, 6.45) is 9.06. The molecule has 1 amide bonds. The van der Waals surface area contributed by atoms with E-state index in [9.17, 15) is 19.8 Å². The summed E-state index contributed by atoms with van der Waals surface area (Å²) in [5, 5.41) is 32.8. The Hall–Kier alpha value is -1.14. The Labute approximate surface area is 192 Å². The summed E-state index contributed by atoms with van der Waals surface area (Å²) in [5.74, 6) is 1.66. The number of hydrogen-bond acceptors (Lipinski definition) is 4. The second kappa shape index (κ2) is 8.90. The van der Waals surface area contributed by atoms with Crippen LogP contribution in [0.3, 0.4) is 0 Å². The third-order valence-electron chi connectivity index (χ3n) is 10.7. The molecular formula is C26H43NO5. The van der Waals surface area contributed by atoms with Gasteiger partial charge in [-0.25, -0.2) is 0 Å². The Bertz CT molecular complexity index is 727. The van der Waals surface area contributed by atoms with E-state index in [-0.39, 0.29) is 35.5 Å². The maximum Gasteiger partial charge on any atom is 0.322 e. The van der Waals surface area contributed by atoms with Gasteiger partial charge in [0.15, 0.2) is 0 Å². The number of carboxylic acids is 1. The summed E-state index contributed by atoms with van der Waals surface area (Å²) >= 11 is 0. The minimum absolute atomic E-state index is 0.177. The van der Waals surface area contributed by atoms with Gasteiger partial charge in [-0.15, -0.1) is 0 Å². The van der Waals surface area contributed by atoms with E-state index in [4.69, 9.17) is 5.11 Å². The first-order chi connectivity index (χ1) is 15.1. The van der Waals surface area contributed by atoms with E-state index >= 15 is 0 Å². The Morgan fingerprint density at radius 1 is 1.00 bits per heavy atom. The molecule has 0 saturated heterocycles. The summed E-state index contributed by atoms with van der Waals surface area (Å²) in [6, 6.07) is 0. The van der Waals surface area contributed by atoms with Crippen LogP contribution in [0.2, 0.25) is 0 Å². The van der Waals surface area contributed by atoms with E-state index in [1.54, 1.807) is 0 Å². The molecule has 4 N–H and O–H groups in total. The molecule has 0 bridgehead atoms. The predicted octanol–water partition coefficient (Wildman–Crippen LogP) is 3.59. The molecule has 10 atom stereocenters. The first-order valence-electron chi connectivity index (χ1n) is 12.9. The first kappa shape index (κ1) is 24.0. The van der Waals surface area contributed by atoms with Crippen molar-refractivity contribution in [3.63, 3.8) is 0 Å². The third-order valence-corrected chi connectivity index (χ3v) is 10.7. The Balaban J connectivity index is 1.44. The van der Waals surface area contributed by atoms with E-state index in [1.165, 1.54) is 12.8 Å². The van der Waals surface area contributed by atoms with Crippen LogP contribution < -0.4 is 5.32 Å². The Morgan fingerprint density at radius 2 is 1.69 bits per heavy atom. The zero-order valence-corrected chi connectivity index (χ0v) is 20.1. The molecule has 0 aromatic carbocycles. The molecule has 4 aliphatic rings. The van der Waals surface area contributed by atoms with Crippen molar-refractivity contribution in [1.82, 2.24) is 5.32 Å². The monoisotopic (exact) mass is 449 g/mol. The molecule has 6 heteroatoms. The molecule has 182 valence electrons. The van der Waals surface area contributed by atoms with E-state index in [1.807, 2.05) is 0 Å². The molecule has 0 aliphatic heterocycles. The molecule has 0 heterocycles. The summed E-state index contributed by atoms with van der Waals surface area (Å²) in [5.41, 5.74) is 0.451. The van der Waals surface area contributed by atoms with Gasteiger partial charge in [0, 0.05) is 6.42 Å². The van der Waals surface area contributed by atoms with Crippen molar-refractivity contribution in [2.75, 3.05) is 6.54 Å². The smallest absolute Gasteiger partial charge is 0.322 e. The number of fused-ring (bicyclic) bond motifs is 5. The lowest BCUT2D eigenvalue weighted by Crippen LogP contribution is -2.58. The first-order valence-corrected chi connectivity index (χ1v) is 12.9. The number of rotatable bonds is 6. The third kappa shape index (κ3) is 4.11. The molecule has 4 aliphatic carbocycles. The van der Waals surface area contributed by atoms with Gasteiger partial charge in [-0.1, -0.05) is 20.8 Å². The average molecular weight is 450 g/mol. The molecule has 0 spiro atoms. The lowest BCUT2D eigenvalue weighted by Gasteiger charge is -2.62. The van der Waals surface area contributed by atoms with Gasteiger partial charge in [-0.3, -0.25) is 9.59 Å². The van der Waals surface area contributed by atoms with E-state index in [0.29, 0.717) is 41.9 Å². The molecule has 4 rings (SSSR count). The van der Waals surface area contributed by atoms with Gasteiger partial charge in [0.2, 0.25) is 5.91 Å². The number of aliphatic carboxylic acids is 1. The number of carbonyl (C=O) groups excluding carboxylic acids is 1. The van der Waals surface area contributed by atoms with Gasteiger partial charge >= 0.3 is 5.97 Å². The van der Waals surface area contributed by atoms with E-state index in [2.05, 4.69) is 26.1 Å². The van der Waals surface area contributed by atoms with Crippen LogP contribution in [-0.2, 0) is 9.59 Å². The molecule has 0 aromatic heterocycles. The van der Waals surface area contributed by atoms with E-state index < -0.39 is 5.97 Å². The van der Waals surface area contributed by atoms with Gasteiger partial charge < -0.3 is 20.6 Å². The molecule has 4 saturated carbocycles. The molecule has 32 heavy (non-hydrogen) atoms. The number of amides is 1. The highest BCUT2D eigenvalue weighted by molar-refractivity contribution is 5.81. The van der Waals surface area contributed by atoms with Gasteiger partial charge in [0.1, 0.15) is 6.54 Å². The second-order valence-electron chi connectivity index (χ2n) is 12.1. The molecule has 0 unspecified atom stereocenters. The molecule has 4 fully saturated rings. The highest BCUT2D eigenvalue weighted by Gasteiger charge is 2.62. The number of aliphatic hydroxyl groups excluding tert-OH is 2. The van der Waals surface area contributed by atoms with Gasteiger partial charge in [-0.2, -0.15) is 0 Å². The van der Waals surface area contributed by atoms with Crippen LogP contribution in [0.25, 0.3) is 0 Å². The lowest BCUT2D eigenvalue weighted by molar-refractivity contribution is -0.174. The molecule has 0 radical (unpaired) electrons. The van der Waals surface area contributed by atoms with Crippen LogP contribution in [-0.4, -0.2) is 45.9 Å². The zero-order chi connectivity index (χ0) is 23.3. The van der Waals surface area contributed by atoms with Gasteiger partial charge in [0.25, 0.3) is 0 Å². The fraction of sp³-hybridized carbons (Fsp3) is 0.923. The quantitative estimate of drug-likeness (QED) is 0.496. The Morgan fingerprint density at radius 3 is 2.41 bits per heavy atom. The summed E-state index contributed by atoms with van der Waals surface area (Å²) in [7, 11) is 0. The number of nitrogens with one attached hydrogen (secondary N) is 1. The van der Waals surface area contributed by atoms with Crippen molar-refractivity contribution in [3.8, 4) is 0 Å². The van der Waals surface area contributed by atoms with Crippen LogP contribution in [0.1, 0.15) is 85.0 Å². The Kier molecular flexibility index (Phi) is 6.68. The second-order valence-corrected chi connectivity index (χ2v) is 12.1. The van der Waals surface area contributed by atoms with Crippen LogP contribution in [0.15, 0.2) is 0 Å². The average Bonchev–Trinajstić information content (AvgIpc) is 3.09. The van der Waals surface area contributed by atoms with Crippen LogP contribution in [0.4, 0.5) is 0 Å². The summed E-state index contributed by atoms with van der Waals surface area (Å²) < 4.78 is 0. The molecular weight excluding hydrogens is 406 g/mol. The van der Waals surface area contributed by atoms with Crippen molar-refractivity contribution in [3.05, 3.63) is 0 Å². The summed E-state index contributed by atoms with van der Waals surface area (Å²) in [4.78, 5) is 22.7. The molecule has 6 nitrogen and oxygen atoms in total. The number of hydrogen-bond donors (Lipinski definition) is 4. The number of aliphatic hydroxyl groups is 2. The van der Waals surface area contributed by atoms with Gasteiger partial charge in [-0.05, 0) is 104 Å². The van der Waals surface area contributed by atoms with Crippen molar-refractivity contribution in [2.45, 2.75) is 97.2 Å². The van der Waals surface area contributed by atoms with Crippen LogP contribution in [0, 0.1) is 46.3 Å². The zero-order valence-electron chi connectivity index (χ0n) is 20.1. The fourth-order valence-electron chi connectivity index (χ4n) is 9.00. The van der Waals surface area contributed by atoms with Crippen LogP contribution >= 0.6 is 0 Å². The van der Waals surface area contributed by atoms with Crippen molar-refractivity contribution < 1.29 is 24.9 Å². The van der Waals surface area contributed by atoms with Crippen molar-refractivity contribution in [2.24, 2.45) is 46.3 Å². The molecule has 0 aromatic rings. The topological polar surface area (TPSA) is 107 Å². The standard InChI is InChI=1S/C26H43NO5/c1-15(4-7-22(30)27-14-23(31)32)18-5-6-19-24-20(9-11-26(18,19)3)25(2)10-8-17(28)12-16(25)13-21(24)29/h15-21,24,28-29H,4-14H2,1-3H3,(H,27,30)(H,31,32)/t15-,16+,17+,18-,19-,20-,21-,24+,25+,26-/m1/s1. The lowest BCUT2D eigenvalue weighted by atomic mass is 9.43. The highest BCUT2D eigenvalue weighted by atomic mass is 16.4. The normalized spacial score (nSPS) is 46.5. The van der Waals surface area contributed by atoms with Gasteiger partial charge in [0.05, 0.1) is 12.2 Å². The maximum absolute atomic E-state index is 12.0. The number of carbonyl (C=O) groups is 2. The fourth-order valence-corrected chi connectivity index (χ4v) is 9.00. The highest BCUT2D eigenvalue weighted by Crippen LogP contribution is 2.68. The summed E-state index contributed by atoms with van der Waals surface area (Å²) in [6.45, 7) is 6.83. The van der Waals surface area contributed by atoms with Crippen molar-refractivity contribution >= 4 is 11.9 Å². The SMILES string of the molecule is C[C@H](CCC(=O)NCC(=O)O)[C@H]1CC[C@@H]2[C@@H]3[C@H](O)C[C@@H]4C[C@@H](O)CC[C@]4(C)[C@@H]3CC[C@@]21C. The van der Waals surface area contributed by atoms with Crippen LogP contribution in [0.5, 0.6) is 0 Å².